The van der Waals surface area contributed by atoms with Gasteiger partial charge in [-0.05, 0) is 24.3 Å². The number of carbonyl (C=O) groups excluding carboxylic acids is 1. The molecule has 28 heavy (non-hydrogen) atoms. The highest BCUT2D eigenvalue weighted by atomic mass is 19.1. The van der Waals surface area contributed by atoms with E-state index in [-0.39, 0.29) is 17.8 Å². The highest BCUT2D eigenvalue weighted by molar-refractivity contribution is 6.04. The van der Waals surface area contributed by atoms with Gasteiger partial charge in [-0.1, -0.05) is 54.6 Å². The summed E-state index contributed by atoms with van der Waals surface area (Å²) in [5, 5.41) is 7.83. The van der Waals surface area contributed by atoms with E-state index in [1.165, 1.54) is 10.7 Å². The lowest BCUT2D eigenvalue weighted by Gasteiger charge is -2.11. The maximum atomic E-state index is 13.8. The van der Waals surface area contributed by atoms with Gasteiger partial charge < -0.3 is 5.32 Å². The van der Waals surface area contributed by atoms with Crippen molar-refractivity contribution in [3.63, 3.8) is 0 Å². The summed E-state index contributed by atoms with van der Waals surface area (Å²) in [5.41, 5.74) is 0.723. The van der Waals surface area contributed by atoms with Crippen LogP contribution in [0.15, 0.2) is 83.7 Å². The number of para-hydroxylation sites is 1. The van der Waals surface area contributed by atoms with Gasteiger partial charge in [0, 0.05) is 17.5 Å². The van der Waals surface area contributed by atoms with Crippen molar-refractivity contribution >= 4 is 16.7 Å². The first-order valence-corrected chi connectivity index (χ1v) is 8.74. The standard InChI is InChI=1S/C22H16FN3O2/c23-19-13-7-4-8-15(19)14-24-21(27)20-17-11-5-6-12-18(17)22(28)26(25-20)16-9-2-1-3-10-16/h1-13H,14H2,(H,24,27). The molecule has 0 atom stereocenters. The second-order valence-corrected chi connectivity index (χ2v) is 6.22. The average Bonchev–Trinajstić information content (AvgIpc) is 2.74. The minimum Gasteiger partial charge on any atom is -0.346 e. The predicted molar refractivity (Wildman–Crippen MR) is 105 cm³/mol. The second kappa shape index (κ2) is 7.44. The van der Waals surface area contributed by atoms with Crippen LogP contribution in [0.3, 0.4) is 0 Å². The minimum absolute atomic E-state index is 0.0198. The van der Waals surface area contributed by atoms with Crippen LogP contribution in [0.25, 0.3) is 16.5 Å². The Kier molecular flexibility index (Phi) is 4.68. The van der Waals surface area contributed by atoms with Crippen LogP contribution in [-0.4, -0.2) is 15.7 Å². The van der Waals surface area contributed by atoms with E-state index >= 15 is 0 Å². The van der Waals surface area contributed by atoms with Gasteiger partial charge in [0.1, 0.15) is 5.82 Å². The molecule has 1 aromatic heterocycles. The topological polar surface area (TPSA) is 64.0 Å². The van der Waals surface area contributed by atoms with Crippen molar-refractivity contribution in [3.8, 4) is 5.69 Å². The molecule has 0 aliphatic carbocycles. The molecular weight excluding hydrogens is 357 g/mol. The largest absolute Gasteiger partial charge is 0.346 e. The third-order valence-electron chi connectivity index (χ3n) is 4.42. The fraction of sp³-hybridized carbons (Fsp3) is 0.0455. The molecule has 0 radical (unpaired) electrons. The third kappa shape index (κ3) is 3.27. The SMILES string of the molecule is O=C(NCc1ccccc1F)c1nn(-c2ccccc2)c(=O)c2ccccc12. The zero-order chi connectivity index (χ0) is 19.5. The van der Waals surface area contributed by atoms with E-state index in [9.17, 15) is 14.0 Å². The highest BCUT2D eigenvalue weighted by Gasteiger charge is 2.17. The van der Waals surface area contributed by atoms with Gasteiger partial charge in [-0.2, -0.15) is 9.78 Å². The number of hydrogen-bond acceptors (Lipinski definition) is 3. The molecule has 4 rings (SSSR count). The van der Waals surface area contributed by atoms with E-state index in [1.54, 1.807) is 66.7 Å². The minimum atomic E-state index is -0.482. The normalized spacial score (nSPS) is 10.8. The lowest BCUT2D eigenvalue weighted by Crippen LogP contribution is -2.30. The Morgan fingerprint density at radius 2 is 1.54 bits per heavy atom. The van der Waals surface area contributed by atoms with Gasteiger partial charge >= 0.3 is 0 Å². The molecule has 0 saturated carbocycles. The average molecular weight is 373 g/mol. The van der Waals surface area contributed by atoms with E-state index in [0.717, 1.165) is 0 Å². The van der Waals surface area contributed by atoms with Crippen LogP contribution in [-0.2, 0) is 6.54 Å². The molecule has 0 aliphatic heterocycles. The molecule has 4 aromatic rings. The fourth-order valence-electron chi connectivity index (χ4n) is 3.00. The number of nitrogens with one attached hydrogen (secondary N) is 1. The summed E-state index contributed by atoms with van der Waals surface area (Å²) in [7, 11) is 0. The molecular formula is C22H16FN3O2. The molecule has 6 heteroatoms. The fourth-order valence-corrected chi connectivity index (χ4v) is 3.00. The third-order valence-corrected chi connectivity index (χ3v) is 4.42. The molecule has 0 unspecified atom stereocenters. The van der Waals surface area contributed by atoms with Crippen molar-refractivity contribution in [2.45, 2.75) is 6.54 Å². The summed E-state index contributed by atoms with van der Waals surface area (Å²) in [6.07, 6.45) is 0. The monoisotopic (exact) mass is 373 g/mol. The lowest BCUT2D eigenvalue weighted by molar-refractivity contribution is 0.0946. The van der Waals surface area contributed by atoms with Gasteiger partial charge in [0.2, 0.25) is 0 Å². The quantitative estimate of drug-likeness (QED) is 0.596. The number of rotatable bonds is 4. The summed E-state index contributed by atoms with van der Waals surface area (Å²) < 4.78 is 15.0. The van der Waals surface area contributed by atoms with Crippen LogP contribution < -0.4 is 10.9 Å². The zero-order valence-electron chi connectivity index (χ0n) is 14.8. The van der Waals surface area contributed by atoms with Crippen molar-refractivity contribution in [1.82, 2.24) is 15.1 Å². The van der Waals surface area contributed by atoms with Crippen molar-refractivity contribution in [2.75, 3.05) is 0 Å². The Morgan fingerprint density at radius 3 is 2.29 bits per heavy atom. The highest BCUT2D eigenvalue weighted by Crippen LogP contribution is 2.15. The van der Waals surface area contributed by atoms with E-state index in [4.69, 9.17) is 0 Å². The summed E-state index contributed by atoms with van der Waals surface area (Å²) in [4.78, 5) is 25.7. The summed E-state index contributed by atoms with van der Waals surface area (Å²) in [6.45, 7) is 0.0198. The van der Waals surface area contributed by atoms with Crippen LogP contribution >= 0.6 is 0 Å². The second-order valence-electron chi connectivity index (χ2n) is 6.22. The van der Waals surface area contributed by atoms with E-state index < -0.39 is 11.7 Å². The smallest absolute Gasteiger partial charge is 0.279 e. The Morgan fingerprint density at radius 1 is 0.893 bits per heavy atom. The van der Waals surface area contributed by atoms with Crippen LogP contribution in [0, 0.1) is 5.82 Å². The van der Waals surface area contributed by atoms with Gasteiger partial charge in [-0.3, -0.25) is 9.59 Å². The first kappa shape index (κ1) is 17.6. The number of nitrogens with zero attached hydrogens (tertiary/aromatic N) is 2. The number of aromatic nitrogens is 2. The summed E-state index contributed by atoms with van der Waals surface area (Å²) in [6, 6.07) is 21.9. The maximum Gasteiger partial charge on any atom is 0.279 e. The van der Waals surface area contributed by atoms with Crippen LogP contribution in [0.2, 0.25) is 0 Å². The van der Waals surface area contributed by atoms with Crippen molar-refractivity contribution in [3.05, 3.63) is 106 Å². The number of hydrogen-bond donors (Lipinski definition) is 1. The number of amides is 1. The Bertz CT molecular complexity index is 1220. The van der Waals surface area contributed by atoms with E-state index in [2.05, 4.69) is 10.4 Å². The van der Waals surface area contributed by atoms with E-state index in [1.807, 2.05) is 6.07 Å². The molecule has 138 valence electrons. The first-order chi connectivity index (χ1) is 13.6. The predicted octanol–water partition coefficient (Wildman–Crippen LogP) is 3.45. The summed E-state index contributed by atoms with van der Waals surface area (Å²) >= 11 is 0. The number of benzene rings is 3. The molecule has 0 fully saturated rings. The van der Waals surface area contributed by atoms with Gasteiger partial charge in [0.05, 0.1) is 11.1 Å². The number of halogens is 1. The molecule has 0 spiro atoms. The number of carbonyl (C=O) groups is 1. The maximum absolute atomic E-state index is 13.8. The Balaban J connectivity index is 1.77. The molecule has 1 N–H and O–H groups in total. The van der Waals surface area contributed by atoms with Crippen molar-refractivity contribution < 1.29 is 9.18 Å². The molecule has 1 heterocycles. The lowest BCUT2D eigenvalue weighted by atomic mass is 10.1. The van der Waals surface area contributed by atoms with E-state index in [0.29, 0.717) is 22.0 Å². The van der Waals surface area contributed by atoms with Crippen molar-refractivity contribution in [1.29, 1.82) is 0 Å². The molecule has 0 saturated heterocycles. The Hall–Kier alpha value is -3.80. The molecule has 1 amide bonds. The van der Waals surface area contributed by atoms with Gasteiger partial charge in [-0.15, -0.1) is 0 Å². The van der Waals surface area contributed by atoms with Crippen LogP contribution in [0.4, 0.5) is 4.39 Å². The molecule has 5 nitrogen and oxygen atoms in total. The van der Waals surface area contributed by atoms with Gasteiger partial charge in [0.15, 0.2) is 5.69 Å². The summed E-state index contributed by atoms with van der Waals surface area (Å²) in [5.74, 6) is -0.876. The van der Waals surface area contributed by atoms with Crippen LogP contribution in [0.1, 0.15) is 16.1 Å². The molecule has 0 aliphatic rings. The molecule has 0 bridgehead atoms. The van der Waals surface area contributed by atoms with Crippen molar-refractivity contribution in [2.24, 2.45) is 0 Å². The van der Waals surface area contributed by atoms with Gasteiger partial charge in [0.25, 0.3) is 11.5 Å². The first-order valence-electron chi connectivity index (χ1n) is 8.74. The van der Waals surface area contributed by atoms with Crippen LogP contribution in [0.5, 0.6) is 0 Å². The molecule has 3 aromatic carbocycles. The Labute approximate surface area is 160 Å². The van der Waals surface area contributed by atoms with Gasteiger partial charge in [-0.25, -0.2) is 4.39 Å². The number of fused-ring (bicyclic) bond motifs is 1. The zero-order valence-corrected chi connectivity index (χ0v) is 14.8.